The number of halogens is 1. The van der Waals surface area contributed by atoms with Gasteiger partial charge in [0.15, 0.2) is 5.65 Å². The summed E-state index contributed by atoms with van der Waals surface area (Å²) in [5, 5.41) is 12.1. The van der Waals surface area contributed by atoms with Crippen molar-refractivity contribution in [2.45, 2.75) is 19.9 Å². The average molecular weight is 461 g/mol. The number of aryl methyl sites for hydroxylation is 3. The summed E-state index contributed by atoms with van der Waals surface area (Å²) in [6, 6.07) is 8.54. The highest BCUT2D eigenvalue weighted by molar-refractivity contribution is 6.30. The van der Waals surface area contributed by atoms with Crippen LogP contribution in [-0.4, -0.2) is 31.0 Å². The minimum atomic E-state index is -0.805. The Bertz CT molecular complexity index is 1510. The Morgan fingerprint density at radius 2 is 1.91 bits per heavy atom. The number of carbonyl (C=O) groups excluding carboxylic acids is 2. The lowest BCUT2D eigenvalue weighted by atomic mass is 10.0. The van der Waals surface area contributed by atoms with Crippen molar-refractivity contribution in [1.29, 1.82) is 0 Å². The molecule has 3 aromatic heterocycles. The number of anilines is 1. The topological polar surface area (TPSA) is 121 Å². The van der Waals surface area contributed by atoms with Gasteiger partial charge in [-0.15, -0.1) is 10.2 Å². The van der Waals surface area contributed by atoms with E-state index in [2.05, 4.69) is 20.2 Å². The van der Waals surface area contributed by atoms with Crippen LogP contribution in [0, 0.1) is 13.8 Å². The Hall–Kier alpha value is -4.14. The molecule has 0 saturated heterocycles. The molecule has 1 aromatic carbocycles. The first-order valence-electron chi connectivity index (χ1n) is 10.0. The van der Waals surface area contributed by atoms with Crippen molar-refractivity contribution < 1.29 is 9.59 Å². The quantitative estimate of drug-likeness (QED) is 0.253. The Labute approximate surface area is 192 Å². The fourth-order valence-electron chi connectivity index (χ4n) is 4.41. The highest BCUT2D eigenvalue weighted by Gasteiger charge is 2.44. The molecule has 5 rings (SSSR count). The highest BCUT2D eigenvalue weighted by atomic mass is 35.5. The number of benzene rings is 1. The standard InChI is InChI=1S/C22H17ClN8O2/c1-11-8-15(9-30-12(2)25-26-20(11)30)31-18(13-4-6-14(23)7-5-13)19-17(22(31)33)16(10-29(19)3)21(32)27-28-24/h4-10,18H,1-3H3. The van der Waals surface area contributed by atoms with E-state index in [4.69, 9.17) is 17.1 Å². The molecule has 0 aliphatic carbocycles. The van der Waals surface area contributed by atoms with Gasteiger partial charge < -0.3 is 4.57 Å². The molecule has 1 unspecified atom stereocenters. The van der Waals surface area contributed by atoms with Crippen LogP contribution in [0.3, 0.4) is 0 Å². The molecule has 164 valence electrons. The van der Waals surface area contributed by atoms with Crippen LogP contribution in [0.25, 0.3) is 16.1 Å². The molecule has 33 heavy (non-hydrogen) atoms. The van der Waals surface area contributed by atoms with Crippen molar-refractivity contribution in [3.63, 3.8) is 0 Å². The number of carbonyl (C=O) groups is 2. The summed E-state index contributed by atoms with van der Waals surface area (Å²) in [6.07, 6.45) is 3.33. The first-order chi connectivity index (χ1) is 15.8. The van der Waals surface area contributed by atoms with Crippen molar-refractivity contribution in [3.8, 4) is 0 Å². The summed E-state index contributed by atoms with van der Waals surface area (Å²) in [6.45, 7) is 3.73. The maximum Gasteiger partial charge on any atom is 0.261 e. The molecule has 1 aliphatic rings. The lowest BCUT2D eigenvalue weighted by Gasteiger charge is -2.27. The molecule has 2 amide bonds. The number of fused-ring (bicyclic) bond motifs is 2. The first kappa shape index (κ1) is 20.7. The van der Waals surface area contributed by atoms with Crippen LogP contribution in [-0.2, 0) is 7.05 Å². The molecule has 0 radical (unpaired) electrons. The molecule has 4 aromatic rings. The van der Waals surface area contributed by atoms with E-state index in [1.54, 1.807) is 34.8 Å². The van der Waals surface area contributed by atoms with E-state index in [9.17, 15) is 9.59 Å². The predicted octanol–water partition coefficient (Wildman–Crippen LogP) is 4.54. The molecule has 0 bridgehead atoms. The minimum absolute atomic E-state index is 0.0649. The van der Waals surface area contributed by atoms with Crippen LogP contribution in [0.5, 0.6) is 0 Å². The molecule has 10 nitrogen and oxygen atoms in total. The first-order valence-corrected chi connectivity index (χ1v) is 10.4. The van der Waals surface area contributed by atoms with Gasteiger partial charge in [-0.2, -0.15) is 0 Å². The fourth-order valence-corrected chi connectivity index (χ4v) is 4.54. The molecule has 0 N–H and O–H groups in total. The van der Waals surface area contributed by atoms with Crippen LogP contribution < -0.4 is 4.90 Å². The third-order valence-corrected chi connectivity index (χ3v) is 6.10. The monoisotopic (exact) mass is 460 g/mol. The van der Waals surface area contributed by atoms with E-state index >= 15 is 0 Å². The zero-order chi connectivity index (χ0) is 23.4. The van der Waals surface area contributed by atoms with Crippen LogP contribution in [0.15, 0.2) is 47.8 Å². The maximum atomic E-state index is 13.8. The number of hydrogen-bond acceptors (Lipinski definition) is 4. The van der Waals surface area contributed by atoms with E-state index in [-0.39, 0.29) is 17.0 Å². The van der Waals surface area contributed by atoms with E-state index in [0.717, 1.165) is 11.1 Å². The lowest BCUT2D eigenvalue weighted by molar-refractivity contribution is 0.0966. The normalized spacial score (nSPS) is 15.1. The largest absolute Gasteiger partial charge is 0.351 e. The van der Waals surface area contributed by atoms with Crippen LogP contribution in [0.1, 0.15) is 49.4 Å². The van der Waals surface area contributed by atoms with Gasteiger partial charge in [0, 0.05) is 29.4 Å². The van der Waals surface area contributed by atoms with Crippen LogP contribution in [0.4, 0.5) is 5.69 Å². The number of nitrogens with zero attached hydrogens (tertiary/aromatic N) is 8. The van der Waals surface area contributed by atoms with Crippen molar-refractivity contribution in [1.82, 2.24) is 19.2 Å². The molecule has 0 saturated carbocycles. The van der Waals surface area contributed by atoms with E-state index in [0.29, 0.717) is 27.9 Å². The lowest BCUT2D eigenvalue weighted by Crippen LogP contribution is -2.30. The third-order valence-electron chi connectivity index (χ3n) is 5.85. The van der Waals surface area contributed by atoms with E-state index < -0.39 is 11.9 Å². The SMILES string of the molecule is Cc1cc(N2C(=O)c3c(C(=O)N=[N+]=[N-])cn(C)c3C2c2ccc(Cl)cc2)cn2c(C)nnc12. The number of amides is 2. The number of azide groups is 1. The number of rotatable bonds is 3. The third kappa shape index (κ3) is 3.07. The van der Waals surface area contributed by atoms with Gasteiger partial charge in [-0.3, -0.25) is 18.9 Å². The molecule has 0 fully saturated rings. The Morgan fingerprint density at radius 3 is 2.61 bits per heavy atom. The van der Waals surface area contributed by atoms with E-state index in [1.807, 2.05) is 36.4 Å². The van der Waals surface area contributed by atoms with Crippen molar-refractivity contribution in [2.24, 2.45) is 12.2 Å². The van der Waals surface area contributed by atoms with Crippen molar-refractivity contribution >= 4 is 34.7 Å². The molecule has 0 spiro atoms. The number of hydrogen-bond donors (Lipinski definition) is 0. The Balaban J connectivity index is 1.78. The van der Waals surface area contributed by atoms with Gasteiger partial charge in [0.25, 0.3) is 11.8 Å². The predicted molar refractivity (Wildman–Crippen MR) is 121 cm³/mol. The molecule has 1 aliphatic heterocycles. The van der Waals surface area contributed by atoms with Crippen LogP contribution >= 0.6 is 11.6 Å². The molecule has 4 heterocycles. The highest BCUT2D eigenvalue weighted by Crippen LogP contribution is 2.44. The number of pyridine rings is 1. The maximum absolute atomic E-state index is 13.8. The summed E-state index contributed by atoms with van der Waals surface area (Å²) in [4.78, 5) is 30.5. The van der Waals surface area contributed by atoms with Gasteiger partial charge in [-0.1, -0.05) is 23.7 Å². The Kier molecular flexibility index (Phi) is 4.70. The van der Waals surface area contributed by atoms with Gasteiger partial charge in [0.05, 0.1) is 22.5 Å². The van der Waals surface area contributed by atoms with Crippen LogP contribution in [0.2, 0.25) is 5.02 Å². The van der Waals surface area contributed by atoms with E-state index in [1.165, 1.54) is 6.20 Å². The summed E-state index contributed by atoms with van der Waals surface area (Å²) in [7, 11) is 1.75. The zero-order valence-electron chi connectivity index (χ0n) is 17.9. The zero-order valence-corrected chi connectivity index (χ0v) is 18.6. The second-order valence-corrected chi connectivity index (χ2v) is 8.30. The molecule has 1 atom stereocenters. The van der Waals surface area contributed by atoms with Gasteiger partial charge in [-0.05, 0) is 53.8 Å². The smallest absolute Gasteiger partial charge is 0.261 e. The molecular weight excluding hydrogens is 444 g/mol. The molecular formula is C22H17ClN8O2. The summed E-state index contributed by atoms with van der Waals surface area (Å²) in [5.41, 5.74) is 12.6. The summed E-state index contributed by atoms with van der Waals surface area (Å²) >= 11 is 6.11. The average Bonchev–Trinajstić information content (AvgIpc) is 3.42. The second-order valence-electron chi connectivity index (χ2n) is 7.86. The van der Waals surface area contributed by atoms with Gasteiger partial charge in [0.2, 0.25) is 0 Å². The van der Waals surface area contributed by atoms with Gasteiger partial charge in [0.1, 0.15) is 11.9 Å². The Morgan fingerprint density at radius 1 is 1.18 bits per heavy atom. The minimum Gasteiger partial charge on any atom is -0.351 e. The summed E-state index contributed by atoms with van der Waals surface area (Å²) in [5.74, 6) is -0.492. The van der Waals surface area contributed by atoms with Crippen molar-refractivity contribution in [2.75, 3.05) is 4.90 Å². The fraction of sp³-hybridized carbons (Fsp3) is 0.182. The van der Waals surface area contributed by atoms with Gasteiger partial charge >= 0.3 is 0 Å². The number of aromatic nitrogens is 4. The van der Waals surface area contributed by atoms with Gasteiger partial charge in [-0.25, -0.2) is 0 Å². The van der Waals surface area contributed by atoms with Crippen molar-refractivity contribution in [3.05, 3.63) is 92.0 Å². The molecule has 11 heteroatoms. The summed E-state index contributed by atoms with van der Waals surface area (Å²) < 4.78 is 3.55. The second kappa shape index (κ2) is 7.47.